The SMILES string of the molecule is FC(F)(F)c1cc(-c2ccco2)nc(NC[C@H]2CCCO2)n1. The molecule has 0 bridgehead atoms. The lowest BCUT2D eigenvalue weighted by atomic mass is 10.2. The predicted octanol–water partition coefficient (Wildman–Crippen LogP) is 3.35. The minimum Gasteiger partial charge on any atom is -0.463 e. The van der Waals surface area contributed by atoms with E-state index in [1.54, 1.807) is 12.1 Å². The van der Waals surface area contributed by atoms with Crippen molar-refractivity contribution in [1.82, 2.24) is 9.97 Å². The summed E-state index contributed by atoms with van der Waals surface area (Å²) in [5, 5.41) is 2.81. The zero-order valence-corrected chi connectivity index (χ0v) is 11.6. The van der Waals surface area contributed by atoms with Crippen LogP contribution in [0.5, 0.6) is 0 Å². The maximum atomic E-state index is 13.0. The number of ether oxygens (including phenoxy) is 1. The maximum Gasteiger partial charge on any atom is 0.433 e. The summed E-state index contributed by atoms with van der Waals surface area (Å²) in [6, 6.07) is 4.01. The lowest BCUT2D eigenvalue weighted by Gasteiger charge is -2.13. The molecule has 22 heavy (non-hydrogen) atoms. The second kappa shape index (κ2) is 5.96. The van der Waals surface area contributed by atoms with Crippen LogP contribution >= 0.6 is 0 Å². The smallest absolute Gasteiger partial charge is 0.433 e. The quantitative estimate of drug-likeness (QED) is 0.938. The van der Waals surface area contributed by atoms with Crippen molar-refractivity contribution in [2.75, 3.05) is 18.5 Å². The van der Waals surface area contributed by atoms with Gasteiger partial charge in [-0.3, -0.25) is 0 Å². The fraction of sp³-hybridized carbons (Fsp3) is 0.429. The number of anilines is 1. The van der Waals surface area contributed by atoms with Gasteiger partial charge in [-0.2, -0.15) is 13.2 Å². The minimum atomic E-state index is -4.55. The summed E-state index contributed by atoms with van der Waals surface area (Å²) in [4.78, 5) is 7.61. The largest absolute Gasteiger partial charge is 0.463 e. The average Bonchev–Trinajstić information content (AvgIpc) is 3.17. The molecule has 1 aliphatic rings. The van der Waals surface area contributed by atoms with Crippen LogP contribution in [0.3, 0.4) is 0 Å². The van der Waals surface area contributed by atoms with Crippen molar-refractivity contribution in [3.8, 4) is 11.5 Å². The van der Waals surface area contributed by atoms with E-state index in [1.165, 1.54) is 6.26 Å². The molecule has 0 spiro atoms. The Labute approximate surface area is 124 Å². The van der Waals surface area contributed by atoms with Gasteiger partial charge in [0.2, 0.25) is 5.95 Å². The Morgan fingerprint density at radius 1 is 1.32 bits per heavy atom. The van der Waals surface area contributed by atoms with E-state index in [-0.39, 0.29) is 23.5 Å². The molecule has 3 heterocycles. The van der Waals surface area contributed by atoms with Crippen LogP contribution in [0, 0.1) is 0 Å². The molecule has 2 aromatic rings. The zero-order chi connectivity index (χ0) is 15.6. The Hall–Kier alpha value is -2.09. The number of nitrogens with one attached hydrogen (secondary N) is 1. The highest BCUT2D eigenvalue weighted by molar-refractivity contribution is 5.54. The van der Waals surface area contributed by atoms with Crippen LogP contribution in [-0.4, -0.2) is 29.2 Å². The third-order valence-corrected chi connectivity index (χ3v) is 3.30. The van der Waals surface area contributed by atoms with E-state index in [0.29, 0.717) is 13.2 Å². The summed E-state index contributed by atoms with van der Waals surface area (Å²) in [6.07, 6.45) is -1.37. The molecule has 1 N–H and O–H groups in total. The molecule has 2 aromatic heterocycles. The number of halogens is 3. The molecule has 5 nitrogen and oxygen atoms in total. The van der Waals surface area contributed by atoms with Gasteiger partial charge in [0.15, 0.2) is 11.5 Å². The Morgan fingerprint density at radius 3 is 2.82 bits per heavy atom. The highest BCUT2D eigenvalue weighted by atomic mass is 19.4. The molecule has 8 heteroatoms. The molecule has 0 aromatic carbocycles. The number of aromatic nitrogens is 2. The van der Waals surface area contributed by atoms with Crippen molar-refractivity contribution in [2.24, 2.45) is 0 Å². The highest BCUT2D eigenvalue weighted by Crippen LogP contribution is 2.31. The number of hydrogen-bond acceptors (Lipinski definition) is 5. The summed E-state index contributed by atoms with van der Waals surface area (Å²) in [5.41, 5.74) is -0.925. The minimum absolute atomic E-state index is 0.0230. The van der Waals surface area contributed by atoms with E-state index >= 15 is 0 Å². The van der Waals surface area contributed by atoms with E-state index in [1.807, 2.05) is 0 Å². The van der Waals surface area contributed by atoms with Gasteiger partial charge in [-0.05, 0) is 31.0 Å². The van der Waals surface area contributed by atoms with E-state index in [9.17, 15) is 13.2 Å². The van der Waals surface area contributed by atoms with E-state index < -0.39 is 11.9 Å². The van der Waals surface area contributed by atoms with Crippen molar-refractivity contribution >= 4 is 5.95 Å². The molecule has 3 rings (SSSR count). The van der Waals surface area contributed by atoms with Crippen LogP contribution in [0.2, 0.25) is 0 Å². The topological polar surface area (TPSA) is 60.2 Å². The summed E-state index contributed by atoms with van der Waals surface area (Å²) in [6.45, 7) is 1.05. The first-order chi connectivity index (χ1) is 10.5. The molecule has 1 fully saturated rings. The number of nitrogens with zero attached hydrogens (tertiary/aromatic N) is 2. The van der Waals surface area contributed by atoms with E-state index in [4.69, 9.17) is 9.15 Å². The monoisotopic (exact) mass is 313 g/mol. The summed E-state index contributed by atoms with van der Waals surface area (Å²) >= 11 is 0. The molecular weight excluding hydrogens is 299 g/mol. The summed E-state index contributed by atoms with van der Waals surface area (Å²) < 4.78 is 49.4. The summed E-state index contributed by atoms with van der Waals surface area (Å²) in [7, 11) is 0. The van der Waals surface area contributed by atoms with Gasteiger partial charge in [-0.15, -0.1) is 0 Å². The normalized spacial score (nSPS) is 18.6. The number of alkyl halides is 3. The van der Waals surface area contributed by atoms with Crippen molar-refractivity contribution < 1.29 is 22.3 Å². The molecule has 0 aliphatic carbocycles. The van der Waals surface area contributed by atoms with Gasteiger partial charge in [0.25, 0.3) is 0 Å². The molecule has 0 saturated carbocycles. The molecule has 1 aliphatic heterocycles. The second-order valence-corrected chi connectivity index (χ2v) is 4.95. The molecular formula is C14H14F3N3O2. The van der Waals surface area contributed by atoms with Gasteiger partial charge in [-0.25, -0.2) is 9.97 Å². The van der Waals surface area contributed by atoms with Crippen molar-refractivity contribution in [3.05, 3.63) is 30.2 Å². The van der Waals surface area contributed by atoms with Gasteiger partial charge in [0.1, 0.15) is 5.69 Å². The predicted molar refractivity (Wildman–Crippen MR) is 72.2 cm³/mol. The standard InChI is InChI=1S/C14H14F3N3O2/c15-14(16,17)12-7-10(11-4-2-6-22-11)19-13(20-12)18-8-9-3-1-5-21-9/h2,4,6-7,9H,1,3,5,8H2,(H,18,19,20)/t9-/m1/s1. The van der Waals surface area contributed by atoms with Gasteiger partial charge >= 0.3 is 6.18 Å². The van der Waals surface area contributed by atoms with Gasteiger partial charge in [0, 0.05) is 13.2 Å². The van der Waals surface area contributed by atoms with Gasteiger partial charge in [-0.1, -0.05) is 0 Å². The van der Waals surface area contributed by atoms with Gasteiger partial charge < -0.3 is 14.5 Å². The van der Waals surface area contributed by atoms with Crippen LogP contribution in [0.25, 0.3) is 11.5 Å². The fourth-order valence-electron chi connectivity index (χ4n) is 2.23. The Balaban J connectivity index is 1.86. The third kappa shape index (κ3) is 3.38. The van der Waals surface area contributed by atoms with Crippen LogP contribution in [0.15, 0.2) is 28.9 Å². The second-order valence-electron chi connectivity index (χ2n) is 4.95. The molecule has 118 valence electrons. The molecule has 1 saturated heterocycles. The zero-order valence-electron chi connectivity index (χ0n) is 11.6. The Bertz CT molecular complexity index is 623. The number of furan rings is 1. The highest BCUT2D eigenvalue weighted by Gasteiger charge is 2.34. The fourth-order valence-corrected chi connectivity index (χ4v) is 2.23. The average molecular weight is 313 g/mol. The number of hydrogen-bond donors (Lipinski definition) is 1. The van der Waals surface area contributed by atoms with Crippen LogP contribution in [0.1, 0.15) is 18.5 Å². The maximum absolute atomic E-state index is 13.0. The van der Waals surface area contributed by atoms with Crippen LogP contribution in [-0.2, 0) is 10.9 Å². The van der Waals surface area contributed by atoms with Crippen molar-refractivity contribution in [2.45, 2.75) is 25.1 Å². The Morgan fingerprint density at radius 2 is 2.18 bits per heavy atom. The molecule has 1 atom stereocenters. The van der Waals surface area contributed by atoms with Crippen molar-refractivity contribution in [3.63, 3.8) is 0 Å². The lowest BCUT2D eigenvalue weighted by molar-refractivity contribution is -0.141. The van der Waals surface area contributed by atoms with Crippen LogP contribution in [0.4, 0.5) is 19.1 Å². The Kier molecular flexibility index (Phi) is 4.02. The van der Waals surface area contributed by atoms with Crippen molar-refractivity contribution in [1.29, 1.82) is 0 Å². The van der Waals surface area contributed by atoms with E-state index in [2.05, 4.69) is 15.3 Å². The first-order valence-corrected chi connectivity index (χ1v) is 6.88. The molecule has 0 amide bonds. The lowest BCUT2D eigenvalue weighted by Crippen LogP contribution is -2.21. The molecule has 0 unspecified atom stereocenters. The van der Waals surface area contributed by atoms with E-state index in [0.717, 1.165) is 18.9 Å². The van der Waals surface area contributed by atoms with Gasteiger partial charge in [0.05, 0.1) is 12.4 Å². The van der Waals surface area contributed by atoms with Crippen LogP contribution < -0.4 is 5.32 Å². The first-order valence-electron chi connectivity index (χ1n) is 6.88. The summed E-state index contributed by atoms with van der Waals surface area (Å²) in [5.74, 6) is 0.171. The number of rotatable bonds is 4. The third-order valence-electron chi connectivity index (χ3n) is 3.30. The molecule has 0 radical (unpaired) electrons. The first kappa shape index (κ1) is 14.8.